The van der Waals surface area contributed by atoms with Gasteiger partial charge in [0.1, 0.15) is 0 Å². The Balaban J connectivity index is 0.00000288. The second kappa shape index (κ2) is 10.1. The topological polar surface area (TPSA) is 45.7 Å². The summed E-state index contributed by atoms with van der Waals surface area (Å²) in [5.74, 6) is 1.91. The first-order valence-corrected chi connectivity index (χ1v) is 8.39. The Morgan fingerprint density at radius 2 is 2.04 bits per heavy atom. The van der Waals surface area contributed by atoms with E-state index in [1.54, 1.807) is 13.1 Å². The molecule has 0 bridgehead atoms. The van der Waals surface area contributed by atoms with Crippen molar-refractivity contribution >= 4 is 29.9 Å². The minimum Gasteiger partial charge on any atom is -0.490 e. The average Bonchev–Trinajstić information content (AvgIpc) is 3.34. The van der Waals surface area contributed by atoms with Crippen molar-refractivity contribution in [3.8, 4) is 5.75 Å². The quantitative estimate of drug-likeness (QED) is 0.374. The van der Waals surface area contributed by atoms with Crippen LogP contribution in [0, 0.1) is 17.7 Å². The zero-order valence-corrected chi connectivity index (χ0v) is 17.3. The van der Waals surface area contributed by atoms with Gasteiger partial charge in [0.2, 0.25) is 0 Å². The van der Waals surface area contributed by atoms with Crippen molar-refractivity contribution in [2.75, 3.05) is 20.2 Å². The number of benzene rings is 1. The van der Waals surface area contributed by atoms with Gasteiger partial charge < -0.3 is 15.4 Å². The zero-order chi connectivity index (χ0) is 16.8. The number of nitrogens with zero attached hydrogens (tertiary/aromatic N) is 1. The Morgan fingerprint density at radius 3 is 2.58 bits per heavy atom. The fourth-order valence-electron chi connectivity index (χ4n) is 2.18. The molecule has 2 rings (SSSR count). The lowest BCUT2D eigenvalue weighted by molar-refractivity contribution is 0.285. The molecule has 24 heavy (non-hydrogen) atoms. The SMILES string of the molecule is CN=C(NCC(C)C)NC(C)c1ccc(OCC2CC2)c(F)c1.I. The van der Waals surface area contributed by atoms with Gasteiger partial charge in [-0.1, -0.05) is 19.9 Å². The Hall–Kier alpha value is -1.05. The molecule has 1 fully saturated rings. The number of hydrogen-bond acceptors (Lipinski definition) is 2. The van der Waals surface area contributed by atoms with Gasteiger partial charge in [0.15, 0.2) is 17.5 Å². The van der Waals surface area contributed by atoms with Crippen LogP contribution in [0.1, 0.15) is 45.2 Å². The standard InChI is InChI=1S/C18H28FN3O.HI/c1-12(2)10-21-18(20-4)22-13(3)15-7-8-17(16(19)9-15)23-11-14-5-6-14;/h7-9,12-14H,5-6,10-11H2,1-4H3,(H2,20,21,22);1H. The predicted molar refractivity (Wildman–Crippen MR) is 108 cm³/mol. The van der Waals surface area contributed by atoms with Crippen LogP contribution in [-0.4, -0.2) is 26.2 Å². The molecule has 1 unspecified atom stereocenters. The van der Waals surface area contributed by atoms with E-state index in [2.05, 4.69) is 29.5 Å². The molecule has 0 saturated heterocycles. The third kappa shape index (κ3) is 6.83. The first-order valence-electron chi connectivity index (χ1n) is 8.39. The first kappa shape index (κ1) is 21.0. The highest BCUT2D eigenvalue weighted by Crippen LogP contribution is 2.30. The van der Waals surface area contributed by atoms with Crippen molar-refractivity contribution in [2.24, 2.45) is 16.8 Å². The second-order valence-corrected chi connectivity index (χ2v) is 6.66. The van der Waals surface area contributed by atoms with E-state index in [1.807, 2.05) is 13.0 Å². The zero-order valence-electron chi connectivity index (χ0n) is 14.9. The molecule has 0 amide bonds. The van der Waals surface area contributed by atoms with Crippen LogP contribution < -0.4 is 15.4 Å². The Labute approximate surface area is 161 Å². The number of hydrogen-bond donors (Lipinski definition) is 2. The molecule has 4 nitrogen and oxygen atoms in total. The minimum absolute atomic E-state index is 0. The molecule has 2 N–H and O–H groups in total. The smallest absolute Gasteiger partial charge is 0.191 e. The second-order valence-electron chi connectivity index (χ2n) is 6.66. The molecule has 1 aliphatic carbocycles. The van der Waals surface area contributed by atoms with Gasteiger partial charge in [-0.2, -0.15) is 0 Å². The van der Waals surface area contributed by atoms with E-state index in [4.69, 9.17) is 4.74 Å². The molecule has 0 heterocycles. The summed E-state index contributed by atoms with van der Waals surface area (Å²) >= 11 is 0. The van der Waals surface area contributed by atoms with Gasteiger partial charge in [-0.25, -0.2) is 4.39 Å². The van der Waals surface area contributed by atoms with Crippen molar-refractivity contribution in [1.29, 1.82) is 0 Å². The molecule has 1 aliphatic rings. The summed E-state index contributed by atoms with van der Waals surface area (Å²) in [6.07, 6.45) is 2.40. The van der Waals surface area contributed by atoms with Crippen molar-refractivity contribution < 1.29 is 9.13 Å². The van der Waals surface area contributed by atoms with E-state index in [1.165, 1.54) is 18.9 Å². The first-order chi connectivity index (χ1) is 11.0. The lowest BCUT2D eigenvalue weighted by Gasteiger charge is -2.19. The highest BCUT2D eigenvalue weighted by atomic mass is 127. The van der Waals surface area contributed by atoms with Crippen molar-refractivity contribution in [3.63, 3.8) is 0 Å². The summed E-state index contributed by atoms with van der Waals surface area (Å²) in [4.78, 5) is 4.20. The van der Waals surface area contributed by atoms with Crippen LogP contribution in [0.4, 0.5) is 4.39 Å². The number of nitrogens with one attached hydrogen (secondary N) is 2. The van der Waals surface area contributed by atoms with Gasteiger partial charge in [0, 0.05) is 13.6 Å². The van der Waals surface area contributed by atoms with Gasteiger partial charge in [-0.15, -0.1) is 24.0 Å². The van der Waals surface area contributed by atoms with E-state index in [-0.39, 0.29) is 35.8 Å². The van der Waals surface area contributed by atoms with Crippen LogP contribution in [0.2, 0.25) is 0 Å². The molecular formula is C18H29FIN3O. The number of aliphatic imine (C=N–C) groups is 1. The van der Waals surface area contributed by atoms with Crippen LogP contribution in [0.15, 0.2) is 23.2 Å². The summed E-state index contributed by atoms with van der Waals surface area (Å²) in [5.41, 5.74) is 0.869. The molecule has 1 atom stereocenters. The summed E-state index contributed by atoms with van der Waals surface area (Å²) < 4.78 is 19.7. The van der Waals surface area contributed by atoms with E-state index in [9.17, 15) is 4.39 Å². The maximum absolute atomic E-state index is 14.2. The molecule has 1 aromatic rings. The van der Waals surface area contributed by atoms with Gasteiger partial charge >= 0.3 is 0 Å². The molecule has 1 aromatic carbocycles. The summed E-state index contributed by atoms with van der Waals surface area (Å²) in [6.45, 7) is 7.73. The van der Waals surface area contributed by atoms with E-state index < -0.39 is 0 Å². The predicted octanol–water partition coefficient (Wildman–Crippen LogP) is 4.11. The highest BCUT2D eigenvalue weighted by Gasteiger charge is 2.22. The lowest BCUT2D eigenvalue weighted by atomic mass is 10.1. The molecule has 6 heteroatoms. The van der Waals surface area contributed by atoms with Crippen molar-refractivity contribution in [1.82, 2.24) is 10.6 Å². The average molecular weight is 449 g/mol. The van der Waals surface area contributed by atoms with E-state index in [0.717, 1.165) is 18.1 Å². The molecule has 1 saturated carbocycles. The van der Waals surface area contributed by atoms with Crippen LogP contribution in [-0.2, 0) is 0 Å². The Bertz CT molecular complexity index is 547. The van der Waals surface area contributed by atoms with Gasteiger partial charge in [-0.3, -0.25) is 4.99 Å². The Morgan fingerprint density at radius 1 is 1.33 bits per heavy atom. The van der Waals surface area contributed by atoms with Gasteiger partial charge in [0.25, 0.3) is 0 Å². The highest BCUT2D eigenvalue weighted by molar-refractivity contribution is 14.0. The third-order valence-electron chi connectivity index (χ3n) is 3.88. The van der Waals surface area contributed by atoms with Crippen LogP contribution in [0.3, 0.4) is 0 Å². The summed E-state index contributed by atoms with van der Waals surface area (Å²) in [7, 11) is 1.73. The lowest BCUT2D eigenvalue weighted by Crippen LogP contribution is -2.40. The van der Waals surface area contributed by atoms with Crippen LogP contribution in [0.5, 0.6) is 5.75 Å². The van der Waals surface area contributed by atoms with Gasteiger partial charge in [-0.05, 0) is 49.3 Å². The molecule has 0 aliphatic heterocycles. The number of halogens is 2. The largest absolute Gasteiger partial charge is 0.490 e. The minimum atomic E-state index is -0.304. The summed E-state index contributed by atoms with van der Waals surface area (Å²) in [5, 5.41) is 6.53. The molecule has 0 spiro atoms. The molecule has 136 valence electrons. The van der Waals surface area contributed by atoms with E-state index >= 15 is 0 Å². The monoisotopic (exact) mass is 449 g/mol. The maximum atomic E-state index is 14.2. The normalized spacial score (nSPS) is 15.7. The summed E-state index contributed by atoms with van der Waals surface area (Å²) in [6, 6.07) is 5.12. The maximum Gasteiger partial charge on any atom is 0.191 e. The Kier molecular flexibility index (Phi) is 8.80. The number of rotatable bonds is 7. The molecule has 0 radical (unpaired) electrons. The van der Waals surface area contributed by atoms with Crippen molar-refractivity contribution in [2.45, 2.75) is 39.7 Å². The molecule has 0 aromatic heterocycles. The number of guanidine groups is 1. The molecular weight excluding hydrogens is 420 g/mol. The van der Waals surface area contributed by atoms with E-state index in [0.29, 0.717) is 24.2 Å². The number of ether oxygens (including phenoxy) is 1. The van der Waals surface area contributed by atoms with Crippen molar-refractivity contribution in [3.05, 3.63) is 29.6 Å². The van der Waals surface area contributed by atoms with Crippen LogP contribution >= 0.6 is 24.0 Å². The fourth-order valence-corrected chi connectivity index (χ4v) is 2.18. The third-order valence-corrected chi connectivity index (χ3v) is 3.88. The van der Waals surface area contributed by atoms with Gasteiger partial charge in [0.05, 0.1) is 12.6 Å². The fraction of sp³-hybridized carbons (Fsp3) is 0.611. The van der Waals surface area contributed by atoms with Crippen LogP contribution in [0.25, 0.3) is 0 Å².